The smallest absolute Gasteiger partial charge is 0.114 e. The first-order valence-corrected chi connectivity index (χ1v) is 8.76. The Bertz CT molecular complexity index is 461. The number of aliphatic hydroxyl groups excluding tert-OH is 1. The molecule has 2 aliphatic heterocycles. The number of alkyl halides is 1. The molecule has 0 unspecified atom stereocenters. The lowest BCUT2D eigenvalue weighted by molar-refractivity contribution is -0.147. The van der Waals surface area contributed by atoms with Crippen LogP contribution in [0.3, 0.4) is 0 Å². The standard InChI is InChI=1S/C16H25FN2O2S/c1-18(9-16(10-20)11-21-12-16)7-14-5-13(17)6-19(14)8-15-3-2-4-22-15/h2-4,13-14,20H,5-12H2,1H3/t13-,14-/m0/s1. The van der Waals surface area contributed by atoms with Gasteiger partial charge in [0.15, 0.2) is 0 Å². The molecule has 1 aromatic rings. The second-order valence-corrected chi connectivity index (χ2v) is 7.88. The Labute approximate surface area is 135 Å². The summed E-state index contributed by atoms with van der Waals surface area (Å²) in [7, 11) is 2.06. The predicted octanol–water partition coefficient (Wildman–Crippen LogP) is 1.60. The molecule has 0 saturated carbocycles. The zero-order valence-electron chi connectivity index (χ0n) is 13.1. The molecule has 1 N–H and O–H groups in total. The van der Waals surface area contributed by atoms with E-state index in [1.165, 1.54) is 4.88 Å². The Balaban J connectivity index is 1.55. The van der Waals surface area contributed by atoms with Crippen LogP contribution in [0.4, 0.5) is 4.39 Å². The molecule has 0 bridgehead atoms. The van der Waals surface area contributed by atoms with E-state index in [4.69, 9.17) is 4.74 Å². The number of likely N-dealkylation sites (N-methyl/N-ethyl adjacent to an activating group) is 1. The van der Waals surface area contributed by atoms with Crippen LogP contribution in [0.1, 0.15) is 11.3 Å². The van der Waals surface area contributed by atoms with Gasteiger partial charge in [0, 0.05) is 37.1 Å². The van der Waals surface area contributed by atoms with E-state index in [9.17, 15) is 9.50 Å². The van der Waals surface area contributed by atoms with Crippen molar-refractivity contribution in [2.45, 2.75) is 25.2 Å². The average Bonchev–Trinajstić information content (AvgIpc) is 3.05. The number of nitrogens with zero attached hydrogens (tertiary/aromatic N) is 2. The van der Waals surface area contributed by atoms with Crippen LogP contribution in [-0.2, 0) is 11.3 Å². The van der Waals surface area contributed by atoms with E-state index in [2.05, 4.69) is 28.3 Å². The van der Waals surface area contributed by atoms with Crippen LogP contribution >= 0.6 is 11.3 Å². The molecular weight excluding hydrogens is 303 g/mol. The molecule has 0 radical (unpaired) electrons. The Morgan fingerprint density at radius 2 is 2.36 bits per heavy atom. The first kappa shape index (κ1) is 16.3. The number of likely N-dealkylation sites (tertiary alicyclic amines) is 1. The maximum atomic E-state index is 13.9. The SMILES string of the molecule is CN(C[C@@H]1C[C@H](F)CN1Cc1cccs1)CC1(CO)COC1. The molecule has 1 aromatic heterocycles. The third-order valence-corrected chi connectivity index (χ3v) is 5.56. The molecular formula is C16H25FN2O2S. The van der Waals surface area contributed by atoms with Gasteiger partial charge in [-0.3, -0.25) is 4.90 Å². The van der Waals surface area contributed by atoms with Gasteiger partial charge in [-0.05, 0) is 24.9 Å². The average molecular weight is 328 g/mol. The Morgan fingerprint density at radius 1 is 1.55 bits per heavy atom. The highest BCUT2D eigenvalue weighted by Gasteiger charge is 2.40. The molecule has 22 heavy (non-hydrogen) atoms. The number of aliphatic hydroxyl groups is 1. The maximum absolute atomic E-state index is 13.9. The quantitative estimate of drug-likeness (QED) is 0.825. The molecule has 0 aromatic carbocycles. The largest absolute Gasteiger partial charge is 0.396 e. The molecule has 0 amide bonds. The maximum Gasteiger partial charge on any atom is 0.114 e. The van der Waals surface area contributed by atoms with E-state index in [-0.39, 0.29) is 18.1 Å². The van der Waals surface area contributed by atoms with Gasteiger partial charge in [0.25, 0.3) is 0 Å². The van der Waals surface area contributed by atoms with Crippen molar-refractivity contribution in [2.24, 2.45) is 5.41 Å². The number of ether oxygens (including phenoxy) is 1. The molecule has 2 saturated heterocycles. The highest BCUT2D eigenvalue weighted by atomic mass is 32.1. The van der Waals surface area contributed by atoms with Crippen LogP contribution in [0.2, 0.25) is 0 Å². The number of halogens is 1. The van der Waals surface area contributed by atoms with Gasteiger partial charge in [-0.25, -0.2) is 4.39 Å². The predicted molar refractivity (Wildman–Crippen MR) is 85.9 cm³/mol. The fraction of sp³-hybridized carbons (Fsp3) is 0.750. The molecule has 0 aliphatic carbocycles. The van der Waals surface area contributed by atoms with Gasteiger partial charge in [-0.1, -0.05) is 6.07 Å². The molecule has 0 spiro atoms. The second-order valence-electron chi connectivity index (χ2n) is 6.84. The van der Waals surface area contributed by atoms with Gasteiger partial charge in [-0.2, -0.15) is 0 Å². The van der Waals surface area contributed by atoms with Crippen molar-refractivity contribution in [3.63, 3.8) is 0 Å². The minimum atomic E-state index is -0.725. The van der Waals surface area contributed by atoms with E-state index in [0.29, 0.717) is 26.2 Å². The van der Waals surface area contributed by atoms with Crippen molar-refractivity contribution in [2.75, 3.05) is 46.5 Å². The first-order valence-electron chi connectivity index (χ1n) is 7.88. The highest BCUT2D eigenvalue weighted by molar-refractivity contribution is 7.09. The van der Waals surface area contributed by atoms with E-state index in [0.717, 1.165) is 19.6 Å². The van der Waals surface area contributed by atoms with Gasteiger partial charge in [-0.15, -0.1) is 11.3 Å². The fourth-order valence-electron chi connectivity index (χ4n) is 3.53. The third kappa shape index (κ3) is 3.68. The van der Waals surface area contributed by atoms with Crippen LogP contribution in [0.5, 0.6) is 0 Å². The third-order valence-electron chi connectivity index (χ3n) is 4.70. The van der Waals surface area contributed by atoms with E-state index >= 15 is 0 Å². The summed E-state index contributed by atoms with van der Waals surface area (Å²) < 4.78 is 19.1. The fourth-order valence-corrected chi connectivity index (χ4v) is 4.26. The molecule has 4 nitrogen and oxygen atoms in total. The van der Waals surface area contributed by atoms with Crippen LogP contribution in [0.25, 0.3) is 0 Å². The van der Waals surface area contributed by atoms with Gasteiger partial charge in [0.1, 0.15) is 6.17 Å². The van der Waals surface area contributed by atoms with E-state index in [1.54, 1.807) is 11.3 Å². The van der Waals surface area contributed by atoms with Crippen molar-refractivity contribution in [1.82, 2.24) is 9.80 Å². The summed E-state index contributed by atoms with van der Waals surface area (Å²) in [6.07, 6.45) is -0.115. The summed E-state index contributed by atoms with van der Waals surface area (Å²) in [6, 6.07) is 4.41. The lowest BCUT2D eigenvalue weighted by atomic mass is 9.86. The normalized spacial score (nSPS) is 28.2. The summed E-state index contributed by atoms with van der Waals surface area (Å²) in [4.78, 5) is 5.78. The van der Waals surface area contributed by atoms with Crippen molar-refractivity contribution < 1.29 is 14.2 Å². The van der Waals surface area contributed by atoms with Crippen LogP contribution < -0.4 is 0 Å². The lowest BCUT2D eigenvalue weighted by Gasteiger charge is -2.43. The highest BCUT2D eigenvalue weighted by Crippen LogP contribution is 2.29. The molecule has 3 heterocycles. The summed E-state index contributed by atoms with van der Waals surface area (Å²) >= 11 is 1.73. The van der Waals surface area contributed by atoms with Crippen molar-refractivity contribution in [3.8, 4) is 0 Å². The molecule has 3 rings (SSSR count). The van der Waals surface area contributed by atoms with E-state index < -0.39 is 6.17 Å². The summed E-state index contributed by atoms with van der Waals surface area (Å²) in [6.45, 7) is 4.44. The Kier molecular flexibility index (Phi) is 5.14. The van der Waals surface area contributed by atoms with Crippen LogP contribution in [-0.4, -0.2) is 73.6 Å². The zero-order chi connectivity index (χ0) is 15.6. The molecule has 2 aliphatic rings. The van der Waals surface area contributed by atoms with Gasteiger partial charge in [0.05, 0.1) is 25.2 Å². The minimum Gasteiger partial charge on any atom is -0.396 e. The van der Waals surface area contributed by atoms with Gasteiger partial charge < -0.3 is 14.7 Å². The van der Waals surface area contributed by atoms with Gasteiger partial charge in [0.2, 0.25) is 0 Å². The molecule has 2 atom stereocenters. The topological polar surface area (TPSA) is 35.9 Å². The Hall–Kier alpha value is -0.530. The van der Waals surface area contributed by atoms with Crippen LogP contribution in [0.15, 0.2) is 17.5 Å². The Morgan fingerprint density at radius 3 is 2.95 bits per heavy atom. The number of hydrogen-bond donors (Lipinski definition) is 1. The van der Waals surface area contributed by atoms with Crippen molar-refractivity contribution in [1.29, 1.82) is 0 Å². The zero-order valence-corrected chi connectivity index (χ0v) is 13.9. The summed E-state index contributed by atoms with van der Waals surface area (Å²) in [5.74, 6) is 0. The molecule has 6 heteroatoms. The number of thiophene rings is 1. The summed E-state index contributed by atoms with van der Waals surface area (Å²) in [5.41, 5.74) is -0.110. The molecule has 124 valence electrons. The number of hydrogen-bond acceptors (Lipinski definition) is 5. The second kappa shape index (κ2) is 6.93. The lowest BCUT2D eigenvalue weighted by Crippen LogP contribution is -2.54. The summed E-state index contributed by atoms with van der Waals surface area (Å²) in [5, 5.41) is 11.6. The van der Waals surface area contributed by atoms with E-state index in [1.807, 2.05) is 6.07 Å². The van der Waals surface area contributed by atoms with Crippen molar-refractivity contribution in [3.05, 3.63) is 22.4 Å². The minimum absolute atomic E-state index is 0.110. The van der Waals surface area contributed by atoms with Crippen molar-refractivity contribution >= 4 is 11.3 Å². The monoisotopic (exact) mass is 328 g/mol. The first-order chi connectivity index (χ1) is 10.6. The van der Waals surface area contributed by atoms with Gasteiger partial charge >= 0.3 is 0 Å². The number of rotatable bonds is 7. The molecule has 2 fully saturated rings. The van der Waals surface area contributed by atoms with Crippen LogP contribution in [0, 0.1) is 5.41 Å².